The molecule has 2 aliphatic rings. The number of benzene rings is 1. The van der Waals surface area contributed by atoms with Crippen LogP contribution in [0.2, 0.25) is 5.02 Å². The molecule has 54 heavy (non-hydrogen) atoms. The highest BCUT2D eigenvalue weighted by atomic mass is 35.5. The number of alkyl halides is 6. The zero-order valence-electron chi connectivity index (χ0n) is 29.8. The Kier molecular flexibility index (Phi) is 17.8. The Balaban J connectivity index is 0.000000413. The number of aromatic nitrogens is 1. The van der Waals surface area contributed by atoms with Crippen molar-refractivity contribution in [1.82, 2.24) is 20.1 Å². The number of rotatable bonds is 6. The van der Waals surface area contributed by atoms with Crippen LogP contribution in [0.5, 0.6) is 5.75 Å². The van der Waals surface area contributed by atoms with E-state index >= 15 is 0 Å². The minimum Gasteiger partial charge on any atom is -0.496 e. The van der Waals surface area contributed by atoms with E-state index in [9.17, 15) is 40.7 Å². The maximum absolute atomic E-state index is 13.6. The smallest absolute Gasteiger partial charge is 0.425 e. The lowest BCUT2D eigenvalue weighted by atomic mass is 9.84. The van der Waals surface area contributed by atoms with Gasteiger partial charge in [-0.1, -0.05) is 37.9 Å². The number of piperidine rings is 1. The van der Waals surface area contributed by atoms with Gasteiger partial charge in [0.15, 0.2) is 6.19 Å². The highest BCUT2D eigenvalue weighted by Crippen LogP contribution is 2.37. The van der Waals surface area contributed by atoms with Gasteiger partial charge in [-0.05, 0) is 61.1 Å². The number of terminal acetylenes is 1. The molecule has 17 heteroatoms. The van der Waals surface area contributed by atoms with Crippen molar-refractivity contribution < 1.29 is 45.5 Å². The van der Waals surface area contributed by atoms with Gasteiger partial charge >= 0.3 is 12.4 Å². The van der Waals surface area contributed by atoms with Gasteiger partial charge in [-0.3, -0.25) is 24.7 Å². The zero-order valence-corrected chi connectivity index (χ0v) is 31.3. The molecule has 1 N–H and O–H groups in total. The molecule has 0 bridgehead atoms. The molecular weight excluding hydrogens is 760 g/mol. The van der Waals surface area contributed by atoms with Crippen molar-refractivity contribution in [1.29, 1.82) is 5.26 Å². The number of carbonyl (C=O) groups is 3. The number of likely N-dealkylation sites (tertiary alicyclic amines) is 1. The number of fused-ring (bicyclic) bond motifs is 1. The minimum absolute atomic E-state index is 0.0476. The molecule has 5 rings (SSSR count). The van der Waals surface area contributed by atoms with Gasteiger partial charge < -0.3 is 14.5 Å². The SMILES string of the molecule is C#C.CCC(=O)NC#N.CCC[C@@H]1[C@H](C(=O)N2CCc3cc(Cl)ccc3C2)CCCN1C(=O)c1ncccc1C(F)(F)F.COc1csc(C(F)(F)F)c1. The van der Waals surface area contributed by atoms with Gasteiger partial charge in [-0.2, -0.15) is 31.6 Å². The molecule has 3 aromatic rings. The molecule has 2 aliphatic heterocycles. The normalized spacial score (nSPS) is 16.4. The minimum atomic E-state index is -4.69. The second-order valence-corrected chi connectivity index (χ2v) is 13.1. The first-order valence-electron chi connectivity index (χ1n) is 16.7. The predicted molar refractivity (Wildman–Crippen MR) is 192 cm³/mol. The summed E-state index contributed by atoms with van der Waals surface area (Å²) < 4.78 is 80.9. The Bertz CT molecular complexity index is 1780. The molecule has 0 radical (unpaired) electrons. The van der Waals surface area contributed by atoms with Crippen molar-refractivity contribution in [2.24, 2.45) is 5.92 Å². The lowest BCUT2D eigenvalue weighted by Gasteiger charge is -2.43. The molecule has 0 aliphatic carbocycles. The molecule has 0 spiro atoms. The summed E-state index contributed by atoms with van der Waals surface area (Å²) >= 11 is 6.72. The molecular formula is C37H40ClF6N5O4S. The number of nitriles is 1. The highest BCUT2D eigenvalue weighted by Gasteiger charge is 2.43. The fourth-order valence-corrected chi connectivity index (χ4v) is 6.78. The van der Waals surface area contributed by atoms with Crippen LogP contribution in [0.1, 0.15) is 78.0 Å². The van der Waals surface area contributed by atoms with Gasteiger partial charge in [0, 0.05) is 54.8 Å². The molecule has 1 aromatic carbocycles. The third-order valence-electron chi connectivity index (χ3n) is 8.36. The summed E-state index contributed by atoms with van der Waals surface area (Å²) in [6, 6.07) is 8.22. The van der Waals surface area contributed by atoms with E-state index in [1.54, 1.807) is 17.9 Å². The molecule has 2 atom stereocenters. The molecule has 2 aromatic heterocycles. The van der Waals surface area contributed by atoms with Crippen LogP contribution in [-0.4, -0.2) is 58.7 Å². The molecule has 0 saturated carbocycles. The number of carbonyl (C=O) groups excluding carboxylic acids is 3. The van der Waals surface area contributed by atoms with E-state index in [-0.39, 0.29) is 17.6 Å². The number of ether oxygens (including phenoxy) is 1. The summed E-state index contributed by atoms with van der Waals surface area (Å²) in [4.78, 5) is 43.4. The fraction of sp³-hybridized carbons (Fsp3) is 0.432. The first-order valence-corrected chi connectivity index (χ1v) is 17.9. The first-order chi connectivity index (χ1) is 25.5. The quantitative estimate of drug-likeness (QED) is 0.116. The van der Waals surface area contributed by atoms with Crippen molar-refractivity contribution in [3.63, 3.8) is 0 Å². The molecule has 9 nitrogen and oxygen atoms in total. The average Bonchev–Trinajstić information content (AvgIpc) is 3.66. The maximum Gasteiger partial charge on any atom is 0.425 e. The highest BCUT2D eigenvalue weighted by molar-refractivity contribution is 7.10. The number of halogens is 7. The number of nitrogens with one attached hydrogen (secondary N) is 1. The van der Waals surface area contributed by atoms with Crippen LogP contribution < -0.4 is 10.1 Å². The fourth-order valence-electron chi connectivity index (χ4n) is 5.86. The van der Waals surface area contributed by atoms with Gasteiger partial charge in [0.25, 0.3) is 5.91 Å². The number of amides is 3. The third-order valence-corrected chi connectivity index (χ3v) is 9.54. The standard InChI is InChI=1S/C25H27ClF3N3O2.C6H5F3OS.C4H6N2O.C2H2/c1-2-5-21-19(23(33)31-13-10-16-14-18(26)9-8-17(16)15-31)6-4-12-32(21)24(34)22-20(25(27,28)29)7-3-11-30-22;1-10-4-2-5(11-3-4)6(7,8)9;1-2-4(7)6-3-5;1-2/h3,7-9,11,14,19,21H,2,4-6,10,12-13,15H2,1H3;2-3H,1H3;2H2,1H3,(H,6,7);1-2H/t19-,21-;;;/m1.../s1. The van der Waals surface area contributed by atoms with E-state index in [0.717, 1.165) is 23.3 Å². The molecule has 3 amide bonds. The van der Waals surface area contributed by atoms with Crippen LogP contribution in [0.4, 0.5) is 26.3 Å². The van der Waals surface area contributed by atoms with Gasteiger partial charge in [-0.25, -0.2) is 0 Å². The number of pyridine rings is 1. The molecule has 0 unspecified atom stereocenters. The molecule has 1 saturated heterocycles. The van der Waals surface area contributed by atoms with E-state index in [2.05, 4.69) is 22.6 Å². The molecule has 4 heterocycles. The summed E-state index contributed by atoms with van der Waals surface area (Å²) in [7, 11) is 1.34. The predicted octanol–water partition coefficient (Wildman–Crippen LogP) is 8.38. The van der Waals surface area contributed by atoms with Crippen LogP contribution in [0.25, 0.3) is 0 Å². The molecule has 1 fully saturated rings. The van der Waals surface area contributed by atoms with Gasteiger partial charge in [0.1, 0.15) is 16.3 Å². The van der Waals surface area contributed by atoms with E-state index < -0.39 is 46.4 Å². The summed E-state index contributed by atoms with van der Waals surface area (Å²) in [5, 5.41) is 11.7. The van der Waals surface area contributed by atoms with E-state index in [0.29, 0.717) is 74.5 Å². The van der Waals surface area contributed by atoms with E-state index in [1.807, 2.05) is 24.4 Å². The first kappa shape index (κ1) is 45.4. The van der Waals surface area contributed by atoms with E-state index in [1.165, 1.54) is 35.8 Å². The topological polar surface area (TPSA) is 116 Å². The Hall–Kier alpha value is -4.80. The van der Waals surface area contributed by atoms with Crippen LogP contribution in [-0.2, 0) is 34.9 Å². The summed E-state index contributed by atoms with van der Waals surface area (Å²) in [5.74, 6) is -1.24. The van der Waals surface area contributed by atoms with Crippen molar-refractivity contribution in [2.75, 3.05) is 20.2 Å². The van der Waals surface area contributed by atoms with Crippen molar-refractivity contribution in [3.8, 4) is 24.8 Å². The largest absolute Gasteiger partial charge is 0.496 e. The van der Waals surface area contributed by atoms with Crippen molar-refractivity contribution in [2.45, 2.75) is 77.3 Å². The number of thiophene rings is 1. The Morgan fingerprint density at radius 2 is 1.78 bits per heavy atom. The second-order valence-electron chi connectivity index (χ2n) is 11.8. The number of methoxy groups -OCH3 is 1. The van der Waals surface area contributed by atoms with Crippen LogP contribution >= 0.6 is 22.9 Å². The van der Waals surface area contributed by atoms with Crippen LogP contribution in [0.15, 0.2) is 48.0 Å². The summed E-state index contributed by atoms with van der Waals surface area (Å²) in [5.41, 5.74) is 0.517. The number of hydrogen-bond donors (Lipinski definition) is 1. The van der Waals surface area contributed by atoms with Gasteiger partial charge in [0.05, 0.1) is 18.6 Å². The lowest BCUT2D eigenvalue weighted by molar-refractivity contribution is -0.141. The van der Waals surface area contributed by atoms with Gasteiger partial charge in [-0.15, -0.1) is 24.2 Å². The second kappa shape index (κ2) is 21.2. The number of nitrogens with zero attached hydrogens (tertiary/aromatic N) is 4. The van der Waals surface area contributed by atoms with Crippen molar-refractivity contribution in [3.05, 3.63) is 80.3 Å². The van der Waals surface area contributed by atoms with Crippen LogP contribution in [0.3, 0.4) is 0 Å². The van der Waals surface area contributed by atoms with Gasteiger partial charge in [0.2, 0.25) is 11.8 Å². The Labute approximate surface area is 319 Å². The maximum atomic E-state index is 13.6. The zero-order chi connectivity index (χ0) is 40.6. The number of hydrogen-bond acceptors (Lipinski definition) is 7. The van der Waals surface area contributed by atoms with E-state index in [4.69, 9.17) is 16.9 Å². The van der Waals surface area contributed by atoms with Crippen molar-refractivity contribution >= 4 is 40.7 Å². The molecule has 292 valence electrons. The summed E-state index contributed by atoms with van der Waals surface area (Å²) in [6.45, 7) is 4.96. The summed E-state index contributed by atoms with van der Waals surface area (Å²) in [6.07, 6.45) is 5.24. The van der Waals surface area contributed by atoms with Crippen LogP contribution in [0, 0.1) is 30.2 Å². The average molecular weight is 800 g/mol. The third kappa shape index (κ3) is 12.7. The Morgan fingerprint density at radius 1 is 1.07 bits per heavy atom. The Morgan fingerprint density at radius 3 is 2.31 bits per heavy atom. The lowest BCUT2D eigenvalue weighted by Crippen LogP contribution is -2.54. The monoisotopic (exact) mass is 799 g/mol.